The van der Waals surface area contributed by atoms with Gasteiger partial charge in [-0.1, -0.05) is 20.3 Å². The first-order chi connectivity index (χ1) is 8.40. The number of likely N-dealkylation sites (tertiary alicyclic amines) is 1. The Bertz CT molecular complexity index is 328. The SMILES string of the molecule is CC(C(=O)NC(C)(C#N)C(C)C)N1CCCCC1. The van der Waals surface area contributed by atoms with Gasteiger partial charge in [0.25, 0.3) is 0 Å². The number of piperidine rings is 1. The number of hydrogen-bond acceptors (Lipinski definition) is 3. The summed E-state index contributed by atoms with van der Waals surface area (Å²) in [6.45, 7) is 9.60. The van der Waals surface area contributed by atoms with Crippen LogP contribution in [-0.2, 0) is 4.79 Å². The van der Waals surface area contributed by atoms with Gasteiger partial charge in [-0.25, -0.2) is 0 Å². The molecule has 0 radical (unpaired) electrons. The van der Waals surface area contributed by atoms with Crippen molar-refractivity contribution in [3.63, 3.8) is 0 Å². The lowest BCUT2D eigenvalue weighted by atomic mass is 9.89. The number of nitrogens with zero attached hydrogens (tertiary/aromatic N) is 2. The molecular formula is C14H25N3O. The van der Waals surface area contributed by atoms with Crippen LogP contribution in [0.25, 0.3) is 0 Å². The molecule has 0 aromatic rings. The van der Waals surface area contributed by atoms with E-state index in [1.54, 1.807) is 6.92 Å². The average molecular weight is 251 g/mol. The van der Waals surface area contributed by atoms with Gasteiger partial charge in [-0.2, -0.15) is 5.26 Å². The number of carbonyl (C=O) groups is 1. The minimum absolute atomic E-state index is 0.0327. The van der Waals surface area contributed by atoms with Crippen LogP contribution in [0.3, 0.4) is 0 Å². The molecular weight excluding hydrogens is 226 g/mol. The van der Waals surface area contributed by atoms with Crippen molar-refractivity contribution in [2.24, 2.45) is 5.92 Å². The lowest BCUT2D eigenvalue weighted by molar-refractivity contribution is -0.127. The topological polar surface area (TPSA) is 56.1 Å². The first-order valence-electron chi connectivity index (χ1n) is 6.88. The third-order valence-electron chi connectivity index (χ3n) is 4.09. The van der Waals surface area contributed by atoms with Crippen molar-refractivity contribution >= 4 is 5.91 Å². The van der Waals surface area contributed by atoms with Crippen LogP contribution in [0.15, 0.2) is 0 Å². The van der Waals surface area contributed by atoms with Crippen LogP contribution >= 0.6 is 0 Å². The summed E-state index contributed by atoms with van der Waals surface area (Å²) in [6, 6.07) is 2.07. The number of amides is 1. The molecule has 0 bridgehead atoms. The summed E-state index contributed by atoms with van der Waals surface area (Å²) in [5.74, 6) is 0.0645. The van der Waals surface area contributed by atoms with Crippen molar-refractivity contribution < 1.29 is 4.79 Å². The minimum Gasteiger partial charge on any atom is -0.336 e. The van der Waals surface area contributed by atoms with Crippen molar-refractivity contribution in [2.75, 3.05) is 13.1 Å². The highest BCUT2D eigenvalue weighted by molar-refractivity contribution is 5.82. The summed E-state index contributed by atoms with van der Waals surface area (Å²) in [4.78, 5) is 14.4. The van der Waals surface area contributed by atoms with Gasteiger partial charge in [0.05, 0.1) is 12.1 Å². The quantitative estimate of drug-likeness (QED) is 0.830. The average Bonchev–Trinajstić information content (AvgIpc) is 2.38. The molecule has 2 unspecified atom stereocenters. The van der Waals surface area contributed by atoms with Gasteiger partial charge in [0.1, 0.15) is 5.54 Å². The largest absolute Gasteiger partial charge is 0.336 e. The Labute approximate surface area is 110 Å². The number of hydrogen-bond donors (Lipinski definition) is 1. The van der Waals surface area contributed by atoms with Crippen molar-refractivity contribution in [2.45, 2.75) is 58.5 Å². The molecule has 1 N–H and O–H groups in total. The molecule has 4 nitrogen and oxygen atoms in total. The molecule has 1 aliphatic heterocycles. The van der Waals surface area contributed by atoms with E-state index in [2.05, 4.69) is 16.3 Å². The van der Waals surface area contributed by atoms with Crippen molar-refractivity contribution in [1.82, 2.24) is 10.2 Å². The first kappa shape index (κ1) is 15.0. The maximum atomic E-state index is 12.2. The summed E-state index contributed by atoms with van der Waals surface area (Å²) in [7, 11) is 0. The fourth-order valence-electron chi connectivity index (χ4n) is 2.13. The molecule has 1 aliphatic rings. The van der Waals surface area contributed by atoms with Crippen LogP contribution in [0.4, 0.5) is 0 Å². The van der Waals surface area contributed by atoms with Crippen LogP contribution in [0.5, 0.6) is 0 Å². The van der Waals surface area contributed by atoms with E-state index in [4.69, 9.17) is 0 Å². The molecule has 0 saturated carbocycles. The van der Waals surface area contributed by atoms with E-state index in [1.807, 2.05) is 20.8 Å². The fourth-order valence-corrected chi connectivity index (χ4v) is 2.13. The Morgan fingerprint density at radius 3 is 2.28 bits per heavy atom. The van der Waals surface area contributed by atoms with E-state index in [1.165, 1.54) is 6.42 Å². The maximum Gasteiger partial charge on any atom is 0.238 e. The van der Waals surface area contributed by atoms with E-state index < -0.39 is 5.54 Å². The van der Waals surface area contributed by atoms with Crippen molar-refractivity contribution in [1.29, 1.82) is 5.26 Å². The number of nitrogens with one attached hydrogen (secondary N) is 1. The summed E-state index contributed by atoms with van der Waals surface area (Å²) < 4.78 is 0. The van der Waals surface area contributed by atoms with Gasteiger partial charge in [0.15, 0.2) is 0 Å². The Kier molecular flexibility index (Phi) is 5.15. The van der Waals surface area contributed by atoms with Crippen LogP contribution in [0, 0.1) is 17.2 Å². The summed E-state index contributed by atoms with van der Waals surface area (Å²) >= 11 is 0. The Morgan fingerprint density at radius 1 is 1.28 bits per heavy atom. The van der Waals surface area contributed by atoms with Gasteiger partial charge in [-0.15, -0.1) is 0 Å². The second-order valence-electron chi connectivity index (χ2n) is 5.73. The minimum atomic E-state index is -0.777. The zero-order valence-electron chi connectivity index (χ0n) is 12.0. The van der Waals surface area contributed by atoms with E-state index in [-0.39, 0.29) is 17.9 Å². The normalized spacial score (nSPS) is 22.0. The molecule has 1 saturated heterocycles. The lowest BCUT2D eigenvalue weighted by Crippen LogP contribution is -2.55. The van der Waals surface area contributed by atoms with Crippen molar-refractivity contribution in [3.05, 3.63) is 0 Å². The second-order valence-corrected chi connectivity index (χ2v) is 5.73. The van der Waals surface area contributed by atoms with Crippen molar-refractivity contribution in [3.8, 4) is 6.07 Å². The van der Waals surface area contributed by atoms with Crippen LogP contribution in [0.1, 0.15) is 47.0 Å². The molecule has 1 rings (SSSR count). The maximum absolute atomic E-state index is 12.2. The highest BCUT2D eigenvalue weighted by Crippen LogP contribution is 2.17. The number of rotatable bonds is 4. The predicted octanol–water partition coefficient (Wildman–Crippen LogP) is 1.92. The molecule has 18 heavy (non-hydrogen) atoms. The zero-order chi connectivity index (χ0) is 13.8. The smallest absolute Gasteiger partial charge is 0.238 e. The standard InChI is InChI=1S/C14H25N3O/c1-11(2)14(4,10-15)16-13(18)12(3)17-8-6-5-7-9-17/h11-12H,5-9H2,1-4H3,(H,16,18). The van der Waals surface area contributed by atoms with Gasteiger partial charge >= 0.3 is 0 Å². The predicted molar refractivity (Wildman–Crippen MR) is 71.9 cm³/mol. The van der Waals surface area contributed by atoms with Gasteiger partial charge < -0.3 is 5.32 Å². The number of nitriles is 1. The van der Waals surface area contributed by atoms with E-state index in [9.17, 15) is 10.1 Å². The molecule has 0 aliphatic carbocycles. The lowest BCUT2D eigenvalue weighted by Gasteiger charge is -2.34. The Morgan fingerprint density at radius 2 is 1.83 bits per heavy atom. The molecule has 1 heterocycles. The molecule has 2 atom stereocenters. The zero-order valence-corrected chi connectivity index (χ0v) is 12.0. The van der Waals surface area contributed by atoms with E-state index in [0.717, 1.165) is 25.9 Å². The summed E-state index contributed by atoms with van der Waals surface area (Å²) in [5.41, 5.74) is -0.777. The number of carbonyl (C=O) groups excluding carboxylic acids is 1. The first-order valence-corrected chi connectivity index (χ1v) is 6.88. The second kappa shape index (κ2) is 6.19. The Hall–Kier alpha value is -1.08. The molecule has 0 spiro atoms. The van der Waals surface area contributed by atoms with Crippen LogP contribution < -0.4 is 5.32 Å². The molecule has 0 aromatic heterocycles. The van der Waals surface area contributed by atoms with Gasteiger partial charge in [0.2, 0.25) is 5.91 Å². The van der Waals surface area contributed by atoms with Gasteiger partial charge in [-0.05, 0) is 45.7 Å². The third-order valence-corrected chi connectivity index (χ3v) is 4.09. The van der Waals surface area contributed by atoms with E-state index >= 15 is 0 Å². The molecule has 1 amide bonds. The highest BCUT2D eigenvalue weighted by atomic mass is 16.2. The fraction of sp³-hybridized carbons (Fsp3) is 0.857. The van der Waals surface area contributed by atoms with Crippen LogP contribution in [-0.4, -0.2) is 35.5 Å². The molecule has 0 aromatic carbocycles. The molecule has 1 fully saturated rings. The summed E-state index contributed by atoms with van der Waals surface area (Å²) in [6.07, 6.45) is 3.58. The van der Waals surface area contributed by atoms with E-state index in [0.29, 0.717) is 0 Å². The van der Waals surface area contributed by atoms with Crippen LogP contribution in [0.2, 0.25) is 0 Å². The molecule has 4 heteroatoms. The monoisotopic (exact) mass is 251 g/mol. The third kappa shape index (κ3) is 3.46. The Balaban J connectivity index is 2.61. The summed E-state index contributed by atoms with van der Waals surface area (Å²) in [5, 5.41) is 12.1. The molecule has 102 valence electrons. The van der Waals surface area contributed by atoms with Gasteiger partial charge in [-0.3, -0.25) is 9.69 Å². The highest BCUT2D eigenvalue weighted by Gasteiger charge is 2.33. The van der Waals surface area contributed by atoms with Gasteiger partial charge in [0, 0.05) is 0 Å².